The molecule has 5 heteroatoms. The Hall–Kier alpha value is -2.61. The SMILES string of the molecule is N#Cc1cc(N2CCNC(=O)C2)nc2ccccc12. The van der Waals surface area contributed by atoms with Gasteiger partial charge >= 0.3 is 0 Å². The van der Waals surface area contributed by atoms with Crippen molar-refractivity contribution in [2.45, 2.75) is 0 Å². The Bertz CT molecular complexity index is 689. The number of para-hydroxylation sites is 1. The molecule has 1 saturated heterocycles. The maximum Gasteiger partial charge on any atom is 0.239 e. The second-order valence-corrected chi connectivity index (χ2v) is 4.43. The van der Waals surface area contributed by atoms with Crippen molar-refractivity contribution in [3.63, 3.8) is 0 Å². The Morgan fingerprint density at radius 1 is 1.37 bits per heavy atom. The lowest BCUT2D eigenvalue weighted by atomic mass is 10.1. The van der Waals surface area contributed by atoms with Crippen LogP contribution in [0.25, 0.3) is 10.9 Å². The number of fused-ring (bicyclic) bond motifs is 1. The first-order chi connectivity index (χ1) is 9.28. The molecule has 0 bridgehead atoms. The van der Waals surface area contributed by atoms with Gasteiger partial charge in [0.05, 0.1) is 23.7 Å². The normalized spacial score (nSPS) is 15.1. The quantitative estimate of drug-likeness (QED) is 0.823. The summed E-state index contributed by atoms with van der Waals surface area (Å²) in [4.78, 5) is 17.9. The number of carbonyl (C=O) groups is 1. The van der Waals surface area contributed by atoms with Gasteiger partial charge in [-0.3, -0.25) is 4.79 Å². The van der Waals surface area contributed by atoms with E-state index in [9.17, 15) is 10.1 Å². The summed E-state index contributed by atoms with van der Waals surface area (Å²) in [6, 6.07) is 11.5. The number of anilines is 1. The van der Waals surface area contributed by atoms with Gasteiger partial charge in [0.25, 0.3) is 0 Å². The lowest BCUT2D eigenvalue weighted by Gasteiger charge is -2.27. The largest absolute Gasteiger partial charge is 0.353 e. The molecule has 1 amide bonds. The van der Waals surface area contributed by atoms with Gasteiger partial charge in [0, 0.05) is 18.5 Å². The Labute approximate surface area is 110 Å². The zero-order valence-corrected chi connectivity index (χ0v) is 10.3. The van der Waals surface area contributed by atoms with Gasteiger partial charge in [0.2, 0.25) is 5.91 Å². The first-order valence-electron chi connectivity index (χ1n) is 6.09. The van der Waals surface area contributed by atoms with Crippen LogP contribution < -0.4 is 10.2 Å². The van der Waals surface area contributed by atoms with Crippen LogP contribution in [-0.4, -0.2) is 30.5 Å². The van der Waals surface area contributed by atoms with E-state index in [-0.39, 0.29) is 12.5 Å². The van der Waals surface area contributed by atoms with Crippen LogP contribution in [0.3, 0.4) is 0 Å². The molecule has 2 aromatic rings. The molecular formula is C14H12N4O. The Morgan fingerprint density at radius 2 is 2.21 bits per heavy atom. The van der Waals surface area contributed by atoms with E-state index in [1.54, 1.807) is 6.07 Å². The highest BCUT2D eigenvalue weighted by molar-refractivity contribution is 5.88. The zero-order valence-electron chi connectivity index (χ0n) is 10.3. The number of carbonyl (C=O) groups excluding carboxylic acids is 1. The van der Waals surface area contributed by atoms with E-state index < -0.39 is 0 Å². The minimum absolute atomic E-state index is 0.0142. The van der Waals surface area contributed by atoms with E-state index in [0.29, 0.717) is 24.5 Å². The summed E-state index contributed by atoms with van der Waals surface area (Å²) in [6.07, 6.45) is 0. The lowest BCUT2D eigenvalue weighted by molar-refractivity contribution is -0.120. The Morgan fingerprint density at radius 3 is 3.00 bits per heavy atom. The van der Waals surface area contributed by atoms with Crippen LogP contribution in [0, 0.1) is 11.3 Å². The molecule has 19 heavy (non-hydrogen) atoms. The van der Waals surface area contributed by atoms with Crippen LogP contribution in [-0.2, 0) is 4.79 Å². The van der Waals surface area contributed by atoms with Crippen molar-refractivity contribution >= 4 is 22.6 Å². The molecular weight excluding hydrogens is 240 g/mol. The molecule has 2 heterocycles. The van der Waals surface area contributed by atoms with Crippen molar-refractivity contribution in [3.8, 4) is 6.07 Å². The predicted molar refractivity (Wildman–Crippen MR) is 71.7 cm³/mol. The molecule has 3 rings (SSSR count). The summed E-state index contributed by atoms with van der Waals surface area (Å²) in [7, 11) is 0. The van der Waals surface area contributed by atoms with E-state index in [4.69, 9.17) is 0 Å². The van der Waals surface area contributed by atoms with E-state index >= 15 is 0 Å². The van der Waals surface area contributed by atoms with Crippen molar-refractivity contribution in [1.82, 2.24) is 10.3 Å². The number of nitrogens with one attached hydrogen (secondary N) is 1. The number of piperazine rings is 1. The molecule has 5 nitrogen and oxygen atoms in total. The van der Waals surface area contributed by atoms with Crippen LogP contribution >= 0.6 is 0 Å². The maximum absolute atomic E-state index is 11.4. The fourth-order valence-electron chi connectivity index (χ4n) is 2.25. The minimum Gasteiger partial charge on any atom is -0.353 e. The minimum atomic E-state index is -0.0142. The van der Waals surface area contributed by atoms with Gasteiger partial charge in [-0.05, 0) is 12.1 Å². The molecule has 1 aliphatic heterocycles. The third-order valence-electron chi connectivity index (χ3n) is 3.19. The van der Waals surface area contributed by atoms with Crippen molar-refractivity contribution in [2.75, 3.05) is 24.5 Å². The highest BCUT2D eigenvalue weighted by Crippen LogP contribution is 2.22. The number of hydrogen-bond acceptors (Lipinski definition) is 4. The summed E-state index contributed by atoms with van der Waals surface area (Å²) in [5.74, 6) is 0.671. The van der Waals surface area contributed by atoms with Gasteiger partial charge in [0.1, 0.15) is 5.82 Å². The second-order valence-electron chi connectivity index (χ2n) is 4.43. The number of amides is 1. The molecule has 1 aromatic heterocycles. The van der Waals surface area contributed by atoms with Crippen LogP contribution in [0.2, 0.25) is 0 Å². The van der Waals surface area contributed by atoms with Crippen molar-refractivity contribution in [1.29, 1.82) is 5.26 Å². The van der Waals surface area contributed by atoms with Gasteiger partial charge in [-0.1, -0.05) is 18.2 Å². The van der Waals surface area contributed by atoms with E-state index in [1.807, 2.05) is 29.2 Å². The molecule has 1 aromatic carbocycles. The first kappa shape index (κ1) is 11.5. The molecule has 0 radical (unpaired) electrons. The van der Waals surface area contributed by atoms with Gasteiger partial charge < -0.3 is 10.2 Å². The van der Waals surface area contributed by atoms with Crippen LogP contribution in [0.4, 0.5) is 5.82 Å². The van der Waals surface area contributed by atoms with Gasteiger partial charge in [0.15, 0.2) is 0 Å². The fraction of sp³-hybridized carbons (Fsp3) is 0.214. The predicted octanol–water partition coefficient (Wildman–Crippen LogP) is 1.04. The second kappa shape index (κ2) is 4.58. The number of aromatic nitrogens is 1. The maximum atomic E-state index is 11.4. The Kier molecular flexibility index (Phi) is 2.76. The summed E-state index contributed by atoms with van der Waals surface area (Å²) in [6.45, 7) is 1.60. The number of rotatable bonds is 1. The highest BCUT2D eigenvalue weighted by atomic mass is 16.2. The molecule has 0 aliphatic carbocycles. The number of pyridine rings is 1. The number of hydrogen-bond donors (Lipinski definition) is 1. The fourth-order valence-corrected chi connectivity index (χ4v) is 2.25. The monoisotopic (exact) mass is 252 g/mol. The van der Waals surface area contributed by atoms with E-state index in [2.05, 4.69) is 16.4 Å². The molecule has 1 N–H and O–H groups in total. The molecule has 1 fully saturated rings. The van der Waals surface area contributed by atoms with Crippen LogP contribution in [0.5, 0.6) is 0 Å². The van der Waals surface area contributed by atoms with Crippen molar-refractivity contribution in [2.24, 2.45) is 0 Å². The number of benzene rings is 1. The zero-order chi connectivity index (χ0) is 13.2. The molecule has 0 atom stereocenters. The summed E-state index contributed by atoms with van der Waals surface area (Å²) >= 11 is 0. The molecule has 0 saturated carbocycles. The van der Waals surface area contributed by atoms with Crippen molar-refractivity contribution in [3.05, 3.63) is 35.9 Å². The third-order valence-corrected chi connectivity index (χ3v) is 3.19. The Balaban J connectivity index is 2.09. The average molecular weight is 252 g/mol. The summed E-state index contributed by atoms with van der Waals surface area (Å²) < 4.78 is 0. The topological polar surface area (TPSA) is 69.0 Å². The van der Waals surface area contributed by atoms with Crippen molar-refractivity contribution < 1.29 is 4.79 Å². The average Bonchev–Trinajstić information content (AvgIpc) is 2.46. The van der Waals surface area contributed by atoms with E-state index in [1.165, 1.54) is 0 Å². The molecule has 0 unspecified atom stereocenters. The smallest absolute Gasteiger partial charge is 0.239 e. The van der Waals surface area contributed by atoms with Gasteiger partial charge in [-0.25, -0.2) is 4.98 Å². The summed E-state index contributed by atoms with van der Waals surface area (Å²) in [5.41, 5.74) is 1.37. The molecule has 94 valence electrons. The number of nitrogens with zero attached hydrogens (tertiary/aromatic N) is 3. The first-order valence-corrected chi connectivity index (χ1v) is 6.09. The lowest BCUT2D eigenvalue weighted by Crippen LogP contribution is -2.48. The van der Waals surface area contributed by atoms with E-state index in [0.717, 1.165) is 10.9 Å². The molecule has 1 aliphatic rings. The number of nitriles is 1. The molecule has 0 spiro atoms. The summed E-state index contributed by atoms with van der Waals surface area (Å²) in [5, 5.41) is 12.9. The van der Waals surface area contributed by atoms with Gasteiger partial charge in [-0.15, -0.1) is 0 Å². The standard InChI is InChI=1S/C14H12N4O/c15-8-10-7-13(18-6-5-16-14(19)9-18)17-12-4-2-1-3-11(10)12/h1-4,7H,5-6,9H2,(H,16,19). The van der Waals surface area contributed by atoms with Crippen LogP contribution in [0.1, 0.15) is 5.56 Å². The van der Waals surface area contributed by atoms with Gasteiger partial charge in [-0.2, -0.15) is 5.26 Å². The van der Waals surface area contributed by atoms with Crippen LogP contribution in [0.15, 0.2) is 30.3 Å². The third kappa shape index (κ3) is 2.08. The highest BCUT2D eigenvalue weighted by Gasteiger charge is 2.18.